The van der Waals surface area contributed by atoms with Gasteiger partial charge in [0.25, 0.3) is 0 Å². The number of rotatable bonds is 2. The molecule has 0 saturated heterocycles. The lowest BCUT2D eigenvalue weighted by molar-refractivity contribution is 0.0296. The number of aromatic carboxylic acids is 1. The molecule has 1 N–H and O–H groups in total. The van der Waals surface area contributed by atoms with Crippen molar-refractivity contribution < 1.29 is 24.2 Å². The smallest absolute Gasteiger partial charge is 0.342 e. The Kier molecular flexibility index (Phi) is 2.75. The van der Waals surface area contributed by atoms with E-state index in [0.717, 1.165) is 5.56 Å². The molecule has 1 heterocycles. The molecule has 0 amide bonds. The van der Waals surface area contributed by atoms with E-state index in [0.29, 0.717) is 6.42 Å². The maximum Gasteiger partial charge on any atom is 0.342 e. The van der Waals surface area contributed by atoms with Crippen LogP contribution in [0.5, 0.6) is 5.75 Å². The van der Waals surface area contributed by atoms with Gasteiger partial charge in [0.1, 0.15) is 23.0 Å². The van der Waals surface area contributed by atoms with Crippen LogP contribution in [0.1, 0.15) is 33.2 Å². The van der Waals surface area contributed by atoms with Gasteiger partial charge < -0.3 is 14.6 Å². The molecule has 0 aliphatic carbocycles. The number of carbonyl (C=O) groups excluding carboxylic acids is 1. The third-order valence-electron chi connectivity index (χ3n) is 2.70. The quantitative estimate of drug-likeness (QED) is 0.787. The second kappa shape index (κ2) is 4.08. The molecule has 1 aromatic carbocycles. The summed E-state index contributed by atoms with van der Waals surface area (Å²) in [6, 6.07) is 3.09. The lowest BCUT2D eigenvalue weighted by Crippen LogP contribution is -2.26. The predicted octanol–water partition coefficient (Wildman–Crippen LogP) is 1.49. The number of hydrogen-bond acceptors (Lipinski definition) is 4. The number of carbonyl (C=O) groups is 2. The van der Waals surface area contributed by atoms with Crippen LogP contribution in [0.25, 0.3) is 0 Å². The molecule has 5 nitrogen and oxygen atoms in total. The third-order valence-corrected chi connectivity index (χ3v) is 2.70. The normalized spacial score (nSPS) is 18.2. The van der Waals surface area contributed by atoms with Gasteiger partial charge in [-0.25, -0.2) is 9.59 Å². The molecule has 1 aromatic rings. The Hall–Kier alpha value is -2.04. The molecule has 0 aromatic heterocycles. The molecule has 0 saturated carbocycles. The average Bonchev–Trinajstić information content (AvgIpc) is 2.26. The van der Waals surface area contributed by atoms with Crippen LogP contribution < -0.4 is 4.74 Å². The number of ether oxygens (including phenoxy) is 2. The number of carboxylic acid groups (broad SMARTS) is 1. The number of benzene rings is 1. The number of fused-ring (bicyclic) bond motifs is 1. The molecule has 0 radical (unpaired) electrons. The van der Waals surface area contributed by atoms with Gasteiger partial charge in [-0.3, -0.25) is 0 Å². The van der Waals surface area contributed by atoms with Crippen molar-refractivity contribution in [3.8, 4) is 5.75 Å². The van der Waals surface area contributed by atoms with Gasteiger partial charge in [-0.15, -0.1) is 0 Å². The van der Waals surface area contributed by atoms with E-state index in [2.05, 4.69) is 0 Å². The van der Waals surface area contributed by atoms with Crippen molar-refractivity contribution in [2.24, 2.45) is 0 Å². The summed E-state index contributed by atoms with van der Waals surface area (Å²) >= 11 is 0. The van der Waals surface area contributed by atoms with Gasteiger partial charge in [-0.2, -0.15) is 0 Å². The topological polar surface area (TPSA) is 72.8 Å². The standard InChI is InChI=1S/C12H12O5/c1-6-5-7-3-4-8(11(13)14)10(16-2)9(7)12(15)17-6/h3-4,6H,5H2,1-2H3,(H,13,14). The van der Waals surface area contributed by atoms with Crippen LogP contribution in [-0.2, 0) is 11.2 Å². The minimum atomic E-state index is -1.13. The van der Waals surface area contributed by atoms with E-state index in [1.807, 2.05) is 0 Å². The summed E-state index contributed by atoms with van der Waals surface area (Å²) in [6.45, 7) is 1.79. The average molecular weight is 236 g/mol. The zero-order chi connectivity index (χ0) is 12.6. The number of esters is 1. The first-order chi connectivity index (χ1) is 8.04. The van der Waals surface area contributed by atoms with Crippen molar-refractivity contribution in [1.29, 1.82) is 0 Å². The number of hydrogen-bond donors (Lipinski definition) is 1. The van der Waals surface area contributed by atoms with Gasteiger partial charge in [0.2, 0.25) is 0 Å². The molecular weight excluding hydrogens is 224 g/mol. The maximum absolute atomic E-state index is 11.8. The largest absolute Gasteiger partial charge is 0.495 e. The van der Waals surface area contributed by atoms with Crippen LogP contribution in [0.4, 0.5) is 0 Å². The SMILES string of the molecule is COc1c(C(=O)O)ccc2c1C(=O)OC(C)C2. The molecular formula is C12H12O5. The van der Waals surface area contributed by atoms with Gasteiger partial charge in [-0.05, 0) is 18.6 Å². The van der Waals surface area contributed by atoms with E-state index in [1.165, 1.54) is 13.2 Å². The molecule has 90 valence electrons. The Morgan fingerprint density at radius 2 is 2.24 bits per heavy atom. The summed E-state index contributed by atoms with van der Waals surface area (Å²) in [5.41, 5.74) is 0.957. The molecule has 0 spiro atoms. The van der Waals surface area contributed by atoms with Gasteiger partial charge >= 0.3 is 11.9 Å². The zero-order valence-corrected chi connectivity index (χ0v) is 9.52. The summed E-state index contributed by atoms with van der Waals surface area (Å²) in [4.78, 5) is 22.8. The third kappa shape index (κ3) is 1.84. The molecule has 1 unspecified atom stereocenters. The first-order valence-electron chi connectivity index (χ1n) is 5.18. The monoisotopic (exact) mass is 236 g/mol. The van der Waals surface area contributed by atoms with Crippen molar-refractivity contribution in [1.82, 2.24) is 0 Å². The van der Waals surface area contributed by atoms with Crippen molar-refractivity contribution in [3.05, 3.63) is 28.8 Å². The minimum Gasteiger partial charge on any atom is -0.495 e. The first kappa shape index (κ1) is 11.4. The van der Waals surface area contributed by atoms with E-state index in [4.69, 9.17) is 14.6 Å². The van der Waals surface area contributed by atoms with Gasteiger partial charge in [0.15, 0.2) is 0 Å². The fraction of sp³-hybridized carbons (Fsp3) is 0.333. The molecule has 17 heavy (non-hydrogen) atoms. The van der Waals surface area contributed by atoms with Crippen molar-refractivity contribution in [3.63, 3.8) is 0 Å². The highest BCUT2D eigenvalue weighted by atomic mass is 16.5. The van der Waals surface area contributed by atoms with E-state index in [1.54, 1.807) is 13.0 Å². The number of cyclic esters (lactones) is 1. The van der Waals surface area contributed by atoms with E-state index in [-0.39, 0.29) is 23.0 Å². The summed E-state index contributed by atoms with van der Waals surface area (Å²) in [7, 11) is 1.34. The molecule has 1 aliphatic rings. The van der Waals surface area contributed by atoms with Crippen molar-refractivity contribution in [2.75, 3.05) is 7.11 Å². The fourth-order valence-corrected chi connectivity index (χ4v) is 1.99. The maximum atomic E-state index is 11.8. The van der Waals surface area contributed by atoms with Crippen molar-refractivity contribution in [2.45, 2.75) is 19.4 Å². The molecule has 5 heteroatoms. The van der Waals surface area contributed by atoms with Crippen LogP contribution in [0.3, 0.4) is 0 Å². The summed E-state index contributed by atoms with van der Waals surface area (Å²) in [5, 5.41) is 9.00. The highest BCUT2D eigenvalue weighted by Crippen LogP contribution is 2.32. The Balaban J connectivity index is 2.64. The second-order valence-corrected chi connectivity index (χ2v) is 3.91. The lowest BCUT2D eigenvalue weighted by atomic mass is 9.95. The van der Waals surface area contributed by atoms with Crippen LogP contribution >= 0.6 is 0 Å². The highest BCUT2D eigenvalue weighted by molar-refractivity contribution is 6.01. The van der Waals surface area contributed by atoms with Crippen LogP contribution in [0.2, 0.25) is 0 Å². The molecule has 0 bridgehead atoms. The number of carboxylic acids is 1. The fourth-order valence-electron chi connectivity index (χ4n) is 1.99. The number of methoxy groups -OCH3 is 1. The van der Waals surface area contributed by atoms with Crippen molar-refractivity contribution >= 4 is 11.9 Å². The molecule has 1 atom stereocenters. The van der Waals surface area contributed by atoms with Crippen LogP contribution in [-0.4, -0.2) is 30.3 Å². The molecule has 2 rings (SSSR count). The summed E-state index contributed by atoms with van der Waals surface area (Å²) < 4.78 is 10.1. The zero-order valence-electron chi connectivity index (χ0n) is 9.52. The highest BCUT2D eigenvalue weighted by Gasteiger charge is 2.30. The van der Waals surface area contributed by atoms with E-state index < -0.39 is 11.9 Å². The van der Waals surface area contributed by atoms with Gasteiger partial charge in [-0.1, -0.05) is 6.07 Å². The first-order valence-corrected chi connectivity index (χ1v) is 5.18. The van der Waals surface area contributed by atoms with Crippen LogP contribution in [0.15, 0.2) is 12.1 Å². The molecule has 0 fully saturated rings. The summed E-state index contributed by atoms with van der Waals surface area (Å²) in [6.07, 6.45) is 0.368. The molecule has 1 aliphatic heterocycles. The van der Waals surface area contributed by atoms with E-state index in [9.17, 15) is 9.59 Å². The lowest BCUT2D eigenvalue weighted by Gasteiger charge is -2.23. The van der Waals surface area contributed by atoms with Crippen LogP contribution in [0, 0.1) is 0 Å². The Morgan fingerprint density at radius 1 is 1.53 bits per heavy atom. The Morgan fingerprint density at radius 3 is 2.82 bits per heavy atom. The minimum absolute atomic E-state index is 0.0299. The predicted molar refractivity (Wildman–Crippen MR) is 58.5 cm³/mol. The van der Waals surface area contributed by atoms with Gasteiger partial charge in [0, 0.05) is 6.42 Å². The van der Waals surface area contributed by atoms with Gasteiger partial charge in [0.05, 0.1) is 7.11 Å². The van der Waals surface area contributed by atoms with E-state index >= 15 is 0 Å². The summed E-state index contributed by atoms with van der Waals surface area (Å²) in [5.74, 6) is -1.58. The Labute approximate surface area is 98.0 Å². The Bertz CT molecular complexity index is 492. The second-order valence-electron chi connectivity index (χ2n) is 3.91.